The summed E-state index contributed by atoms with van der Waals surface area (Å²) in [6, 6.07) is 3.19. The first kappa shape index (κ1) is 14.9. The SMILES string of the molecule is CCn1cc([N+](=O)[O-])c(=O)n(Cc2cccnc2Cl)c1=O. The van der Waals surface area contributed by atoms with Gasteiger partial charge in [-0.15, -0.1) is 0 Å². The van der Waals surface area contributed by atoms with Crippen molar-refractivity contribution >= 4 is 17.3 Å². The summed E-state index contributed by atoms with van der Waals surface area (Å²) in [4.78, 5) is 38.2. The molecule has 110 valence electrons. The molecule has 0 unspecified atom stereocenters. The first-order chi connectivity index (χ1) is 9.95. The van der Waals surface area contributed by atoms with Crippen molar-refractivity contribution in [3.05, 3.63) is 66.2 Å². The van der Waals surface area contributed by atoms with Gasteiger partial charge in [-0.05, 0) is 13.0 Å². The molecule has 0 radical (unpaired) electrons. The van der Waals surface area contributed by atoms with Crippen LogP contribution >= 0.6 is 11.6 Å². The predicted octanol–water partition coefficient (Wildman–Crippen LogP) is 1.03. The van der Waals surface area contributed by atoms with E-state index in [1.165, 1.54) is 6.20 Å². The molecule has 9 heteroatoms. The Morgan fingerprint density at radius 1 is 1.43 bits per heavy atom. The Hall–Kier alpha value is -2.48. The second kappa shape index (κ2) is 5.88. The summed E-state index contributed by atoms with van der Waals surface area (Å²) in [5, 5.41) is 11.0. The Labute approximate surface area is 123 Å². The van der Waals surface area contributed by atoms with Crippen LogP contribution in [-0.2, 0) is 13.1 Å². The zero-order chi connectivity index (χ0) is 15.6. The standard InChI is InChI=1S/C12H11ClN4O4/c1-2-15-7-9(17(20)21)11(18)16(12(15)19)6-8-4-3-5-14-10(8)13/h3-5,7H,2,6H2,1H3. The maximum absolute atomic E-state index is 12.2. The minimum Gasteiger partial charge on any atom is -0.294 e. The minimum absolute atomic E-state index is 0.137. The van der Waals surface area contributed by atoms with E-state index >= 15 is 0 Å². The van der Waals surface area contributed by atoms with Crippen LogP contribution in [0.5, 0.6) is 0 Å². The van der Waals surface area contributed by atoms with Gasteiger partial charge in [0.05, 0.1) is 17.7 Å². The molecule has 0 aromatic carbocycles. The van der Waals surface area contributed by atoms with Crippen LogP contribution in [0.3, 0.4) is 0 Å². The van der Waals surface area contributed by atoms with Crippen molar-refractivity contribution in [3.63, 3.8) is 0 Å². The highest BCUT2D eigenvalue weighted by Crippen LogP contribution is 2.12. The van der Waals surface area contributed by atoms with E-state index in [0.29, 0.717) is 5.56 Å². The third kappa shape index (κ3) is 2.84. The first-order valence-corrected chi connectivity index (χ1v) is 6.41. The Morgan fingerprint density at radius 3 is 2.71 bits per heavy atom. The first-order valence-electron chi connectivity index (χ1n) is 6.03. The van der Waals surface area contributed by atoms with Crippen molar-refractivity contribution in [2.24, 2.45) is 0 Å². The van der Waals surface area contributed by atoms with Gasteiger partial charge < -0.3 is 0 Å². The molecule has 0 N–H and O–H groups in total. The topological polar surface area (TPSA) is 100 Å². The van der Waals surface area contributed by atoms with Crippen LogP contribution in [0.25, 0.3) is 0 Å². The number of nitro groups is 1. The van der Waals surface area contributed by atoms with E-state index in [4.69, 9.17) is 11.6 Å². The van der Waals surface area contributed by atoms with Gasteiger partial charge >= 0.3 is 16.9 Å². The lowest BCUT2D eigenvalue weighted by Crippen LogP contribution is -2.40. The van der Waals surface area contributed by atoms with Gasteiger partial charge in [-0.2, -0.15) is 0 Å². The van der Waals surface area contributed by atoms with Crippen molar-refractivity contribution in [2.45, 2.75) is 20.0 Å². The monoisotopic (exact) mass is 310 g/mol. The maximum atomic E-state index is 12.2. The average molecular weight is 311 g/mol. The summed E-state index contributed by atoms with van der Waals surface area (Å²) in [5.74, 6) is 0. The number of pyridine rings is 1. The molecule has 2 aromatic rings. The molecule has 0 spiro atoms. The second-order valence-electron chi connectivity index (χ2n) is 4.18. The molecular weight excluding hydrogens is 300 g/mol. The Morgan fingerprint density at radius 2 is 2.14 bits per heavy atom. The van der Waals surface area contributed by atoms with E-state index in [1.54, 1.807) is 19.1 Å². The second-order valence-corrected chi connectivity index (χ2v) is 4.54. The molecule has 0 saturated carbocycles. The average Bonchev–Trinajstić information content (AvgIpc) is 2.45. The van der Waals surface area contributed by atoms with Crippen LogP contribution < -0.4 is 11.2 Å². The normalized spacial score (nSPS) is 10.6. The highest BCUT2D eigenvalue weighted by molar-refractivity contribution is 6.30. The van der Waals surface area contributed by atoms with Gasteiger partial charge in [0.1, 0.15) is 5.15 Å². The fourth-order valence-electron chi connectivity index (χ4n) is 1.84. The highest BCUT2D eigenvalue weighted by atomic mass is 35.5. The molecule has 2 aromatic heterocycles. The number of rotatable bonds is 4. The number of aromatic nitrogens is 3. The zero-order valence-corrected chi connectivity index (χ0v) is 11.8. The number of halogens is 1. The Balaban J connectivity index is 2.65. The van der Waals surface area contributed by atoms with Crippen LogP contribution in [0.2, 0.25) is 5.15 Å². The molecule has 0 amide bonds. The molecule has 0 aliphatic rings. The van der Waals surface area contributed by atoms with Crippen molar-refractivity contribution in [1.82, 2.24) is 14.1 Å². The summed E-state index contributed by atoms with van der Waals surface area (Å²) in [6.07, 6.45) is 2.42. The number of aryl methyl sites for hydroxylation is 1. The lowest BCUT2D eigenvalue weighted by Gasteiger charge is -2.09. The molecule has 0 atom stereocenters. The number of hydrogen-bond donors (Lipinski definition) is 0. The molecule has 0 saturated heterocycles. The predicted molar refractivity (Wildman–Crippen MR) is 75.6 cm³/mol. The van der Waals surface area contributed by atoms with Gasteiger partial charge in [0.25, 0.3) is 0 Å². The molecule has 2 rings (SSSR count). The third-order valence-electron chi connectivity index (χ3n) is 2.92. The fourth-order valence-corrected chi connectivity index (χ4v) is 2.02. The van der Waals surface area contributed by atoms with Gasteiger partial charge in [-0.25, -0.2) is 14.3 Å². The smallest absolute Gasteiger partial charge is 0.294 e. The van der Waals surface area contributed by atoms with Crippen molar-refractivity contribution in [2.75, 3.05) is 0 Å². The molecule has 0 bridgehead atoms. The quantitative estimate of drug-likeness (QED) is 0.477. The summed E-state index contributed by atoms with van der Waals surface area (Å²) in [6.45, 7) is 1.68. The lowest BCUT2D eigenvalue weighted by molar-refractivity contribution is -0.387. The maximum Gasteiger partial charge on any atom is 0.350 e. The van der Waals surface area contributed by atoms with E-state index in [0.717, 1.165) is 15.3 Å². The van der Waals surface area contributed by atoms with Crippen molar-refractivity contribution in [3.8, 4) is 0 Å². The van der Waals surface area contributed by atoms with Crippen molar-refractivity contribution in [1.29, 1.82) is 0 Å². The number of nitrogens with zero attached hydrogens (tertiary/aromatic N) is 4. The van der Waals surface area contributed by atoms with Crippen LogP contribution in [0.1, 0.15) is 12.5 Å². The zero-order valence-electron chi connectivity index (χ0n) is 11.0. The molecule has 0 aliphatic heterocycles. The molecule has 8 nitrogen and oxygen atoms in total. The lowest BCUT2D eigenvalue weighted by atomic mass is 10.3. The molecule has 0 aliphatic carbocycles. The van der Waals surface area contributed by atoms with Gasteiger partial charge in [0, 0.05) is 18.3 Å². The van der Waals surface area contributed by atoms with Gasteiger partial charge in [0.15, 0.2) is 0 Å². The van der Waals surface area contributed by atoms with E-state index in [-0.39, 0.29) is 18.2 Å². The Kier molecular flexibility index (Phi) is 4.18. The van der Waals surface area contributed by atoms with Crippen LogP contribution in [0.4, 0.5) is 5.69 Å². The largest absolute Gasteiger partial charge is 0.350 e. The van der Waals surface area contributed by atoms with E-state index in [1.807, 2.05) is 0 Å². The number of hydrogen-bond acceptors (Lipinski definition) is 5. The highest BCUT2D eigenvalue weighted by Gasteiger charge is 2.20. The van der Waals surface area contributed by atoms with Gasteiger partial charge in [-0.3, -0.25) is 19.5 Å². The van der Waals surface area contributed by atoms with Crippen molar-refractivity contribution < 1.29 is 4.92 Å². The van der Waals surface area contributed by atoms with Crippen LogP contribution in [-0.4, -0.2) is 19.0 Å². The van der Waals surface area contributed by atoms with E-state index < -0.39 is 21.9 Å². The van der Waals surface area contributed by atoms with E-state index in [2.05, 4.69) is 4.98 Å². The summed E-state index contributed by atoms with van der Waals surface area (Å²) < 4.78 is 1.88. The molecule has 21 heavy (non-hydrogen) atoms. The van der Waals surface area contributed by atoms with Gasteiger partial charge in [-0.1, -0.05) is 17.7 Å². The summed E-state index contributed by atoms with van der Waals surface area (Å²) in [5.41, 5.74) is -1.82. The Bertz CT molecular complexity index is 812. The summed E-state index contributed by atoms with van der Waals surface area (Å²) in [7, 11) is 0. The van der Waals surface area contributed by atoms with Crippen LogP contribution in [0, 0.1) is 10.1 Å². The van der Waals surface area contributed by atoms with E-state index in [9.17, 15) is 19.7 Å². The molecular formula is C12H11ClN4O4. The van der Waals surface area contributed by atoms with Gasteiger partial charge in [0.2, 0.25) is 0 Å². The molecule has 0 fully saturated rings. The third-order valence-corrected chi connectivity index (χ3v) is 3.26. The molecule has 2 heterocycles. The minimum atomic E-state index is -0.963. The summed E-state index contributed by atoms with van der Waals surface area (Å²) >= 11 is 5.89. The van der Waals surface area contributed by atoms with Crippen LogP contribution in [0.15, 0.2) is 34.1 Å². The fraction of sp³-hybridized carbons (Fsp3) is 0.250.